The molecule has 0 radical (unpaired) electrons. The first kappa shape index (κ1) is 13.9. The molecule has 0 unspecified atom stereocenters. The van der Waals surface area contributed by atoms with E-state index in [1.165, 1.54) is 0 Å². The standard InChI is InChI=1S/C15H15BrO3/c1-18-15-6-5-13(16)8-12(15)10-19-14-4-2-3-11(7-14)9-17/h2-8,17H,9-10H2,1H3. The molecule has 0 aromatic heterocycles. The number of rotatable bonds is 5. The van der Waals surface area contributed by atoms with Crippen molar-refractivity contribution in [2.24, 2.45) is 0 Å². The fourth-order valence-electron chi connectivity index (χ4n) is 1.75. The Kier molecular flexibility index (Phi) is 4.82. The van der Waals surface area contributed by atoms with Gasteiger partial charge in [-0.2, -0.15) is 0 Å². The maximum absolute atomic E-state index is 9.08. The molecule has 0 fully saturated rings. The van der Waals surface area contributed by atoms with Gasteiger partial charge in [-0.1, -0.05) is 28.1 Å². The van der Waals surface area contributed by atoms with Crippen molar-refractivity contribution in [3.63, 3.8) is 0 Å². The molecule has 19 heavy (non-hydrogen) atoms. The lowest BCUT2D eigenvalue weighted by Gasteiger charge is -2.11. The molecule has 4 heteroatoms. The Morgan fingerprint density at radius 3 is 2.74 bits per heavy atom. The van der Waals surface area contributed by atoms with Gasteiger partial charge < -0.3 is 14.6 Å². The SMILES string of the molecule is COc1ccc(Br)cc1COc1cccc(CO)c1. The number of benzene rings is 2. The van der Waals surface area contributed by atoms with Crippen LogP contribution in [0, 0.1) is 0 Å². The van der Waals surface area contributed by atoms with E-state index in [1.807, 2.05) is 42.5 Å². The molecule has 2 aromatic carbocycles. The van der Waals surface area contributed by atoms with E-state index in [0.29, 0.717) is 6.61 Å². The number of hydrogen-bond donors (Lipinski definition) is 1. The zero-order valence-electron chi connectivity index (χ0n) is 10.6. The lowest BCUT2D eigenvalue weighted by atomic mass is 10.2. The third-order valence-corrected chi connectivity index (χ3v) is 3.21. The normalized spacial score (nSPS) is 10.3. The van der Waals surface area contributed by atoms with Gasteiger partial charge in [0.05, 0.1) is 13.7 Å². The van der Waals surface area contributed by atoms with Gasteiger partial charge in [-0.05, 0) is 35.9 Å². The largest absolute Gasteiger partial charge is 0.496 e. The average Bonchev–Trinajstić information content (AvgIpc) is 2.45. The molecular formula is C15H15BrO3. The Bertz CT molecular complexity index is 555. The molecule has 0 saturated carbocycles. The van der Waals surface area contributed by atoms with Crippen molar-refractivity contribution in [3.05, 3.63) is 58.1 Å². The third kappa shape index (κ3) is 3.72. The third-order valence-electron chi connectivity index (χ3n) is 2.72. The summed E-state index contributed by atoms with van der Waals surface area (Å²) in [5, 5.41) is 9.08. The maximum atomic E-state index is 9.08. The van der Waals surface area contributed by atoms with Gasteiger partial charge in [0.2, 0.25) is 0 Å². The van der Waals surface area contributed by atoms with Crippen LogP contribution in [0.2, 0.25) is 0 Å². The Morgan fingerprint density at radius 2 is 2.00 bits per heavy atom. The number of ether oxygens (including phenoxy) is 2. The summed E-state index contributed by atoms with van der Waals surface area (Å²) in [5.41, 5.74) is 1.80. The summed E-state index contributed by atoms with van der Waals surface area (Å²) in [4.78, 5) is 0. The molecule has 100 valence electrons. The molecule has 0 amide bonds. The van der Waals surface area contributed by atoms with E-state index < -0.39 is 0 Å². The van der Waals surface area contributed by atoms with Gasteiger partial charge in [-0.25, -0.2) is 0 Å². The second-order valence-electron chi connectivity index (χ2n) is 4.05. The predicted octanol–water partition coefficient (Wildman–Crippen LogP) is 3.53. The molecule has 0 aliphatic rings. The van der Waals surface area contributed by atoms with Gasteiger partial charge in [-0.15, -0.1) is 0 Å². The van der Waals surface area contributed by atoms with E-state index >= 15 is 0 Å². The molecule has 2 aromatic rings. The summed E-state index contributed by atoms with van der Waals surface area (Å²) < 4.78 is 12.0. The smallest absolute Gasteiger partial charge is 0.125 e. The highest BCUT2D eigenvalue weighted by atomic mass is 79.9. The predicted molar refractivity (Wildman–Crippen MR) is 77.4 cm³/mol. The first-order chi connectivity index (χ1) is 9.22. The Morgan fingerprint density at radius 1 is 1.16 bits per heavy atom. The molecule has 0 saturated heterocycles. The molecule has 0 aliphatic heterocycles. The van der Waals surface area contributed by atoms with Crippen molar-refractivity contribution in [1.29, 1.82) is 0 Å². The molecule has 0 heterocycles. The number of aliphatic hydroxyl groups is 1. The van der Waals surface area contributed by atoms with Crippen molar-refractivity contribution in [2.45, 2.75) is 13.2 Å². The monoisotopic (exact) mass is 322 g/mol. The zero-order valence-corrected chi connectivity index (χ0v) is 12.2. The van der Waals surface area contributed by atoms with E-state index in [1.54, 1.807) is 7.11 Å². The molecule has 0 aliphatic carbocycles. The van der Waals surface area contributed by atoms with Crippen molar-refractivity contribution in [3.8, 4) is 11.5 Å². The number of hydrogen-bond acceptors (Lipinski definition) is 3. The summed E-state index contributed by atoms with van der Waals surface area (Å²) >= 11 is 3.43. The van der Waals surface area contributed by atoms with E-state index in [9.17, 15) is 0 Å². The highest BCUT2D eigenvalue weighted by Gasteiger charge is 2.05. The van der Waals surface area contributed by atoms with E-state index in [0.717, 1.165) is 27.1 Å². The highest BCUT2D eigenvalue weighted by molar-refractivity contribution is 9.10. The number of methoxy groups -OCH3 is 1. The van der Waals surface area contributed by atoms with Crippen LogP contribution in [-0.2, 0) is 13.2 Å². The molecule has 2 rings (SSSR count). The molecule has 3 nitrogen and oxygen atoms in total. The van der Waals surface area contributed by atoms with Gasteiger partial charge in [-0.3, -0.25) is 0 Å². The lowest BCUT2D eigenvalue weighted by molar-refractivity contribution is 0.276. The molecule has 1 N–H and O–H groups in total. The Hall–Kier alpha value is -1.52. The van der Waals surface area contributed by atoms with Crippen LogP contribution >= 0.6 is 15.9 Å². The van der Waals surface area contributed by atoms with Gasteiger partial charge in [0, 0.05) is 10.0 Å². The fraction of sp³-hybridized carbons (Fsp3) is 0.200. The first-order valence-electron chi connectivity index (χ1n) is 5.88. The summed E-state index contributed by atoms with van der Waals surface area (Å²) in [6, 6.07) is 13.2. The van der Waals surface area contributed by atoms with Crippen LogP contribution in [0.1, 0.15) is 11.1 Å². The zero-order chi connectivity index (χ0) is 13.7. The van der Waals surface area contributed by atoms with Crippen LogP contribution in [0.25, 0.3) is 0 Å². The van der Waals surface area contributed by atoms with Crippen molar-refractivity contribution in [1.82, 2.24) is 0 Å². The van der Waals surface area contributed by atoms with Crippen LogP contribution in [0.4, 0.5) is 0 Å². The average molecular weight is 323 g/mol. The van der Waals surface area contributed by atoms with E-state index in [2.05, 4.69) is 15.9 Å². The van der Waals surface area contributed by atoms with Gasteiger partial charge in [0.15, 0.2) is 0 Å². The second-order valence-corrected chi connectivity index (χ2v) is 4.97. The minimum absolute atomic E-state index is 0.0113. The maximum Gasteiger partial charge on any atom is 0.125 e. The van der Waals surface area contributed by atoms with Crippen LogP contribution in [0.3, 0.4) is 0 Å². The van der Waals surface area contributed by atoms with Crippen LogP contribution in [-0.4, -0.2) is 12.2 Å². The lowest BCUT2D eigenvalue weighted by Crippen LogP contribution is -1.99. The Labute approximate surface area is 120 Å². The topological polar surface area (TPSA) is 38.7 Å². The van der Waals surface area contributed by atoms with Crippen LogP contribution < -0.4 is 9.47 Å². The van der Waals surface area contributed by atoms with Gasteiger partial charge >= 0.3 is 0 Å². The number of aliphatic hydroxyl groups excluding tert-OH is 1. The summed E-state index contributed by atoms with van der Waals surface area (Å²) in [6.07, 6.45) is 0. The summed E-state index contributed by atoms with van der Waals surface area (Å²) in [6.45, 7) is 0.425. The minimum Gasteiger partial charge on any atom is -0.496 e. The first-order valence-corrected chi connectivity index (χ1v) is 6.67. The van der Waals surface area contributed by atoms with Crippen LogP contribution in [0.5, 0.6) is 11.5 Å². The summed E-state index contributed by atoms with van der Waals surface area (Å²) in [7, 11) is 1.64. The van der Waals surface area contributed by atoms with E-state index in [-0.39, 0.29) is 6.61 Å². The van der Waals surface area contributed by atoms with Gasteiger partial charge in [0.1, 0.15) is 18.1 Å². The molecule has 0 spiro atoms. The quantitative estimate of drug-likeness (QED) is 0.915. The molecular weight excluding hydrogens is 308 g/mol. The fourth-order valence-corrected chi connectivity index (χ4v) is 2.16. The van der Waals surface area contributed by atoms with E-state index in [4.69, 9.17) is 14.6 Å². The minimum atomic E-state index is 0.0113. The van der Waals surface area contributed by atoms with Crippen molar-refractivity contribution in [2.75, 3.05) is 7.11 Å². The van der Waals surface area contributed by atoms with Crippen molar-refractivity contribution >= 4 is 15.9 Å². The van der Waals surface area contributed by atoms with Gasteiger partial charge in [0.25, 0.3) is 0 Å². The van der Waals surface area contributed by atoms with Crippen LogP contribution in [0.15, 0.2) is 46.9 Å². The van der Waals surface area contributed by atoms with Crippen molar-refractivity contribution < 1.29 is 14.6 Å². The molecule has 0 atom stereocenters. The Balaban J connectivity index is 2.11. The highest BCUT2D eigenvalue weighted by Crippen LogP contribution is 2.24. The second kappa shape index (κ2) is 6.59. The molecule has 0 bridgehead atoms. The summed E-state index contributed by atoms with van der Waals surface area (Å²) in [5.74, 6) is 1.52. The number of halogens is 1.